The van der Waals surface area contributed by atoms with Gasteiger partial charge in [-0.1, -0.05) is 11.8 Å². The molecule has 2 aromatic rings. The van der Waals surface area contributed by atoms with Crippen molar-refractivity contribution in [3.8, 4) is 5.75 Å². The summed E-state index contributed by atoms with van der Waals surface area (Å²) >= 11 is 1.19. The summed E-state index contributed by atoms with van der Waals surface area (Å²) < 4.78 is 41.4. The maximum atomic E-state index is 12.9. The van der Waals surface area contributed by atoms with Crippen LogP contribution in [-0.2, 0) is 10.2 Å². The predicted molar refractivity (Wildman–Crippen MR) is 89.6 cm³/mol. The van der Waals surface area contributed by atoms with Crippen molar-refractivity contribution in [3.63, 3.8) is 0 Å². The Morgan fingerprint density at radius 1 is 1.27 bits per heavy atom. The molecule has 0 fully saturated rings. The summed E-state index contributed by atoms with van der Waals surface area (Å²) in [6.45, 7) is 3.59. The molecule has 0 unspecified atom stereocenters. The fourth-order valence-electron chi connectivity index (χ4n) is 2.97. The minimum Gasteiger partial charge on any atom is -0.406 e. The SMILES string of the molecule is CC1(C)C(=O)C2=C(Sc3cc(OC(F)(F)F)ccc3N2)c2ncncc21. The molecule has 0 radical (unpaired) electrons. The van der Waals surface area contributed by atoms with Gasteiger partial charge in [-0.25, -0.2) is 9.97 Å². The number of carbonyl (C=O) groups is 1. The molecule has 1 aliphatic heterocycles. The number of fused-ring (bicyclic) bond motifs is 3. The molecule has 2 aliphatic rings. The minimum absolute atomic E-state index is 0.122. The number of ether oxygens (including phenoxy) is 1. The number of rotatable bonds is 1. The first-order valence-electron chi connectivity index (χ1n) is 7.61. The average Bonchev–Trinajstić information content (AvgIpc) is 2.57. The van der Waals surface area contributed by atoms with Crippen molar-refractivity contribution in [3.05, 3.63) is 47.7 Å². The number of carbonyl (C=O) groups excluding carboxylic acids is 1. The highest BCUT2D eigenvalue weighted by Crippen LogP contribution is 2.51. The third-order valence-corrected chi connectivity index (χ3v) is 5.44. The topological polar surface area (TPSA) is 64.1 Å². The van der Waals surface area contributed by atoms with E-state index >= 15 is 0 Å². The number of nitrogens with zero attached hydrogens (tertiary/aromatic N) is 2. The Kier molecular flexibility index (Phi) is 3.56. The molecule has 9 heteroatoms. The van der Waals surface area contributed by atoms with Gasteiger partial charge in [0, 0.05) is 16.7 Å². The van der Waals surface area contributed by atoms with Crippen molar-refractivity contribution >= 4 is 28.1 Å². The molecular formula is C17H12F3N3O2S. The van der Waals surface area contributed by atoms with Gasteiger partial charge in [0.25, 0.3) is 0 Å². The van der Waals surface area contributed by atoms with E-state index in [0.717, 1.165) is 0 Å². The number of halogens is 3. The molecule has 1 aromatic heterocycles. The number of anilines is 1. The highest BCUT2D eigenvalue weighted by atomic mass is 32.2. The maximum absolute atomic E-state index is 12.9. The molecule has 0 spiro atoms. The number of ketones is 1. The second kappa shape index (κ2) is 5.47. The van der Waals surface area contributed by atoms with Gasteiger partial charge in [0.15, 0.2) is 5.78 Å². The molecule has 2 heterocycles. The lowest BCUT2D eigenvalue weighted by Crippen LogP contribution is -2.38. The van der Waals surface area contributed by atoms with Gasteiger partial charge in [-0.15, -0.1) is 13.2 Å². The molecule has 26 heavy (non-hydrogen) atoms. The van der Waals surface area contributed by atoms with Crippen LogP contribution in [0, 0.1) is 0 Å². The van der Waals surface area contributed by atoms with E-state index in [1.165, 1.54) is 36.3 Å². The fraction of sp³-hybridized carbons (Fsp3) is 0.235. The van der Waals surface area contributed by atoms with Crippen LogP contribution in [0.15, 0.2) is 41.3 Å². The fourth-order valence-corrected chi connectivity index (χ4v) is 4.10. The Morgan fingerprint density at radius 3 is 2.77 bits per heavy atom. The zero-order valence-electron chi connectivity index (χ0n) is 13.6. The van der Waals surface area contributed by atoms with Gasteiger partial charge in [0.1, 0.15) is 12.1 Å². The summed E-state index contributed by atoms with van der Waals surface area (Å²) in [5.41, 5.74) is 1.42. The molecule has 1 N–H and O–H groups in total. The summed E-state index contributed by atoms with van der Waals surface area (Å²) in [4.78, 5) is 22.3. The Morgan fingerprint density at radius 2 is 2.04 bits per heavy atom. The van der Waals surface area contributed by atoms with Crippen LogP contribution in [0.5, 0.6) is 5.75 Å². The van der Waals surface area contributed by atoms with Gasteiger partial charge in [-0.05, 0) is 32.0 Å². The molecule has 1 aromatic carbocycles. The maximum Gasteiger partial charge on any atom is 0.573 e. The zero-order valence-corrected chi connectivity index (χ0v) is 14.5. The van der Waals surface area contributed by atoms with Crippen LogP contribution < -0.4 is 10.1 Å². The molecule has 0 amide bonds. The van der Waals surface area contributed by atoms with Crippen molar-refractivity contribution in [2.45, 2.75) is 30.5 Å². The summed E-state index contributed by atoms with van der Waals surface area (Å²) in [5.74, 6) is -0.441. The monoisotopic (exact) mass is 379 g/mol. The number of nitrogens with one attached hydrogen (secondary N) is 1. The molecule has 0 saturated carbocycles. The Hall–Kier alpha value is -2.55. The minimum atomic E-state index is -4.77. The predicted octanol–water partition coefficient (Wildman–Crippen LogP) is 4.12. The number of benzene rings is 1. The number of Topliss-reactive ketones (excluding diaryl/α,β-unsaturated/α-hetero) is 1. The first kappa shape index (κ1) is 16.9. The number of aromatic nitrogens is 2. The lowest BCUT2D eigenvalue weighted by atomic mass is 9.75. The van der Waals surface area contributed by atoms with Crippen LogP contribution in [0.2, 0.25) is 0 Å². The first-order valence-corrected chi connectivity index (χ1v) is 8.43. The standard InChI is InChI=1S/C17H12F3N3O2S/c1-16(2)9-6-21-7-22-12(9)14-13(15(16)24)23-10-4-3-8(5-11(10)26-14)25-17(18,19)20/h3-7,23H,1-2H3. The normalized spacial score (nSPS) is 17.8. The van der Waals surface area contributed by atoms with Crippen LogP contribution in [0.1, 0.15) is 25.1 Å². The van der Waals surface area contributed by atoms with Gasteiger partial charge in [-0.2, -0.15) is 0 Å². The highest BCUT2D eigenvalue weighted by molar-refractivity contribution is 8.08. The molecule has 1 aliphatic carbocycles. The van der Waals surface area contributed by atoms with Crippen LogP contribution in [0.3, 0.4) is 0 Å². The zero-order chi connectivity index (χ0) is 18.7. The lowest BCUT2D eigenvalue weighted by Gasteiger charge is -2.35. The summed E-state index contributed by atoms with van der Waals surface area (Å²) in [5, 5.41) is 3.05. The quantitative estimate of drug-likeness (QED) is 0.804. The van der Waals surface area contributed by atoms with Crippen LogP contribution in [0.4, 0.5) is 18.9 Å². The molecule has 0 saturated heterocycles. The van der Waals surface area contributed by atoms with Gasteiger partial charge < -0.3 is 10.1 Å². The third kappa shape index (κ3) is 2.63. The number of hydrogen-bond acceptors (Lipinski definition) is 6. The largest absolute Gasteiger partial charge is 0.573 e. The second-order valence-corrected chi connectivity index (χ2v) is 7.43. The number of hydrogen-bond donors (Lipinski definition) is 1. The van der Waals surface area contributed by atoms with E-state index < -0.39 is 11.8 Å². The molecule has 134 valence electrons. The van der Waals surface area contributed by atoms with E-state index in [1.807, 2.05) is 0 Å². The number of allylic oxidation sites excluding steroid dienone is 1. The van der Waals surface area contributed by atoms with E-state index in [1.54, 1.807) is 20.0 Å². The van der Waals surface area contributed by atoms with Gasteiger partial charge >= 0.3 is 6.36 Å². The summed E-state index contributed by atoms with van der Waals surface area (Å²) in [6.07, 6.45) is -1.78. The van der Waals surface area contributed by atoms with Crippen molar-refractivity contribution in [2.24, 2.45) is 0 Å². The molecular weight excluding hydrogens is 367 g/mol. The van der Waals surface area contributed by atoms with Crippen LogP contribution >= 0.6 is 11.8 Å². The smallest absolute Gasteiger partial charge is 0.406 e. The third-order valence-electron chi connectivity index (χ3n) is 4.28. The average molecular weight is 379 g/mol. The number of alkyl halides is 3. The molecule has 5 nitrogen and oxygen atoms in total. The van der Waals surface area contributed by atoms with Crippen molar-refractivity contribution < 1.29 is 22.7 Å². The Balaban J connectivity index is 1.79. The molecule has 0 bridgehead atoms. The van der Waals surface area contributed by atoms with Crippen LogP contribution in [0.25, 0.3) is 4.91 Å². The highest BCUT2D eigenvalue weighted by Gasteiger charge is 2.43. The van der Waals surface area contributed by atoms with Gasteiger partial charge in [0.05, 0.1) is 27.4 Å². The van der Waals surface area contributed by atoms with Gasteiger partial charge in [0.2, 0.25) is 0 Å². The van der Waals surface area contributed by atoms with E-state index in [2.05, 4.69) is 20.0 Å². The van der Waals surface area contributed by atoms with Crippen LogP contribution in [-0.4, -0.2) is 22.1 Å². The van der Waals surface area contributed by atoms with E-state index in [-0.39, 0.29) is 11.5 Å². The first-order chi connectivity index (χ1) is 12.2. The van der Waals surface area contributed by atoms with E-state index in [9.17, 15) is 18.0 Å². The number of thioether (sulfide) groups is 1. The lowest BCUT2D eigenvalue weighted by molar-refractivity contribution is -0.274. The molecule has 0 atom stereocenters. The summed E-state index contributed by atoms with van der Waals surface area (Å²) in [7, 11) is 0. The van der Waals surface area contributed by atoms with Gasteiger partial charge in [-0.3, -0.25) is 4.79 Å². The van der Waals surface area contributed by atoms with Crippen molar-refractivity contribution in [1.82, 2.24) is 9.97 Å². The van der Waals surface area contributed by atoms with E-state index in [4.69, 9.17) is 0 Å². The van der Waals surface area contributed by atoms with Crippen molar-refractivity contribution in [1.29, 1.82) is 0 Å². The second-order valence-electron chi connectivity index (χ2n) is 6.38. The van der Waals surface area contributed by atoms with E-state index in [0.29, 0.717) is 32.4 Å². The summed E-state index contributed by atoms with van der Waals surface area (Å²) in [6, 6.07) is 3.96. The Labute approximate surface area is 150 Å². The van der Waals surface area contributed by atoms with Crippen molar-refractivity contribution in [2.75, 3.05) is 5.32 Å². The molecule has 4 rings (SSSR count). The Bertz CT molecular complexity index is 970.